The number of carbonyl (C=O) groups excluding carboxylic acids is 1. The first-order valence-electron chi connectivity index (χ1n) is 5.02. The van der Waals surface area contributed by atoms with Gasteiger partial charge in [0.2, 0.25) is 5.91 Å². The minimum absolute atomic E-state index is 0.0310. The number of aliphatic carboxylic acids is 1. The van der Waals surface area contributed by atoms with Gasteiger partial charge >= 0.3 is 5.97 Å². The Labute approximate surface area is 104 Å². The van der Waals surface area contributed by atoms with Gasteiger partial charge < -0.3 is 10.4 Å². The average Bonchev–Trinajstić information content (AvgIpc) is 2.14. The van der Waals surface area contributed by atoms with E-state index < -0.39 is 12.0 Å². The smallest absolute Gasteiger partial charge is 0.325 e. The van der Waals surface area contributed by atoms with Crippen molar-refractivity contribution in [2.45, 2.75) is 44.4 Å². The molecule has 0 saturated heterocycles. The van der Waals surface area contributed by atoms with Crippen LogP contribution >= 0.6 is 21.6 Å². The van der Waals surface area contributed by atoms with Crippen molar-refractivity contribution >= 4 is 33.5 Å². The van der Waals surface area contributed by atoms with E-state index in [0.29, 0.717) is 6.42 Å². The quantitative estimate of drug-likeness (QED) is 0.690. The molecule has 0 aromatic heterocycles. The SMILES string of the molecule is CSSC(C)(C)CCC(=O)N[C@@H](C)C(=O)O. The molecule has 1 atom stereocenters. The number of rotatable bonds is 7. The van der Waals surface area contributed by atoms with Gasteiger partial charge in [-0.2, -0.15) is 0 Å². The summed E-state index contributed by atoms with van der Waals surface area (Å²) >= 11 is 0. The molecule has 16 heavy (non-hydrogen) atoms. The van der Waals surface area contributed by atoms with Crippen molar-refractivity contribution in [3.63, 3.8) is 0 Å². The first-order valence-corrected chi connectivity index (χ1v) is 7.58. The summed E-state index contributed by atoms with van der Waals surface area (Å²) in [4.78, 5) is 21.9. The summed E-state index contributed by atoms with van der Waals surface area (Å²) in [5.41, 5.74) is 0. The number of hydrogen-bond donors (Lipinski definition) is 2. The van der Waals surface area contributed by atoms with E-state index in [1.54, 1.807) is 21.6 Å². The molecule has 0 heterocycles. The molecule has 0 spiro atoms. The maximum absolute atomic E-state index is 11.4. The summed E-state index contributed by atoms with van der Waals surface area (Å²) in [5.74, 6) is -1.21. The maximum Gasteiger partial charge on any atom is 0.325 e. The van der Waals surface area contributed by atoms with Gasteiger partial charge in [-0.1, -0.05) is 21.6 Å². The Bertz CT molecular complexity index is 256. The second kappa shape index (κ2) is 7.06. The molecule has 0 rings (SSSR count). The van der Waals surface area contributed by atoms with E-state index in [1.165, 1.54) is 6.92 Å². The summed E-state index contributed by atoms with van der Waals surface area (Å²) in [5, 5.41) is 11.1. The fourth-order valence-electron chi connectivity index (χ4n) is 1.06. The van der Waals surface area contributed by atoms with Crippen LogP contribution in [0.15, 0.2) is 0 Å². The molecule has 0 saturated carbocycles. The standard InChI is InChI=1S/C10H19NO3S2/c1-7(9(13)14)11-8(12)5-6-10(2,3)16-15-4/h7H,5-6H2,1-4H3,(H,11,12)(H,13,14)/t7-/m0/s1. The summed E-state index contributed by atoms with van der Waals surface area (Å²) in [7, 11) is 3.39. The molecule has 0 radical (unpaired) electrons. The van der Waals surface area contributed by atoms with Crippen molar-refractivity contribution in [1.82, 2.24) is 5.32 Å². The molecule has 0 aliphatic rings. The normalized spacial score (nSPS) is 13.2. The first-order chi connectivity index (χ1) is 7.28. The Kier molecular flexibility index (Phi) is 6.90. The summed E-state index contributed by atoms with van der Waals surface area (Å²) in [6, 6.07) is -0.816. The highest BCUT2D eigenvalue weighted by atomic mass is 33.1. The van der Waals surface area contributed by atoms with E-state index >= 15 is 0 Å². The molecule has 1 amide bonds. The monoisotopic (exact) mass is 265 g/mol. The summed E-state index contributed by atoms with van der Waals surface area (Å²) in [6.07, 6.45) is 3.09. The van der Waals surface area contributed by atoms with Crippen LogP contribution in [0.2, 0.25) is 0 Å². The summed E-state index contributed by atoms with van der Waals surface area (Å²) < 4.78 is 0.0310. The molecule has 94 valence electrons. The molecule has 0 bridgehead atoms. The van der Waals surface area contributed by atoms with Crippen LogP contribution < -0.4 is 5.32 Å². The zero-order valence-corrected chi connectivity index (χ0v) is 11.7. The Morgan fingerprint density at radius 1 is 1.44 bits per heavy atom. The van der Waals surface area contributed by atoms with Gasteiger partial charge in [0.25, 0.3) is 0 Å². The molecule has 0 aromatic rings. The lowest BCUT2D eigenvalue weighted by molar-refractivity contribution is -0.141. The molecule has 2 N–H and O–H groups in total. The van der Waals surface area contributed by atoms with Crippen LogP contribution in [0.3, 0.4) is 0 Å². The predicted octanol–water partition coefficient (Wildman–Crippen LogP) is 2.15. The lowest BCUT2D eigenvalue weighted by atomic mass is 10.1. The molecule has 0 aromatic carbocycles. The fraction of sp³-hybridized carbons (Fsp3) is 0.800. The van der Waals surface area contributed by atoms with Crippen molar-refractivity contribution in [1.29, 1.82) is 0 Å². The van der Waals surface area contributed by atoms with Crippen LogP contribution in [0.5, 0.6) is 0 Å². The molecule has 0 unspecified atom stereocenters. The van der Waals surface area contributed by atoms with Gasteiger partial charge in [0.15, 0.2) is 0 Å². The highest BCUT2D eigenvalue weighted by Gasteiger charge is 2.21. The van der Waals surface area contributed by atoms with Gasteiger partial charge in [-0.3, -0.25) is 9.59 Å². The highest BCUT2D eigenvalue weighted by Crippen LogP contribution is 2.36. The van der Waals surface area contributed by atoms with Crippen molar-refractivity contribution in [3.05, 3.63) is 0 Å². The third kappa shape index (κ3) is 7.00. The zero-order valence-electron chi connectivity index (χ0n) is 10.1. The number of carboxylic acids is 1. The number of hydrogen-bond acceptors (Lipinski definition) is 4. The number of nitrogens with one attached hydrogen (secondary N) is 1. The van der Waals surface area contributed by atoms with Crippen LogP contribution in [-0.2, 0) is 9.59 Å². The van der Waals surface area contributed by atoms with Gasteiger partial charge in [-0.15, -0.1) is 0 Å². The molecule has 4 nitrogen and oxygen atoms in total. The van der Waals surface area contributed by atoms with E-state index in [-0.39, 0.29) is 10.7 Å². The molecule has 0 aliphatic heterocycles. The van der Waals surface area contributed by atoms with Gasteiger partial charge in [0.1, 0.15) is 6.04 Å². The van der Waals surface area contributed by atoms with E-state index in [9.17, 15) is 9.59 Å². The zero-order chi connectivity index (χ0) is 12.8. The highest BCUT2D eigenvalue weighted by molar-refractivity contribution is 8.76. The molecule has 6 heteroatoms. The second-order valence-corrected chi connectivity index (χ2v) is 7.24. The molecular weight excluding hydrogens is 246 g/mol. The Balaban J connectivity index is 3.94. The van der Waals surface area contributed by atoms with E-state index in [0.717, 1.165) is 6.42 Å². The van der Waals surface area contributed by atoms with E-state index in [2.05, 4.69) is 19.2 Å². The minimum Gasteiger partial charge on any atom is -0.480 e. The lowest BCUT2D eigenvalue weighted by Gasteiger charge is -2.22. The van der Waals surface area contributed by atoms with Crippen molar-refractivity contribution < 1.29 is 14.7 Å². The Morgan fingerprint density at radius 3 is 2.44 bits per heavy atom. The Hall–Kier alpha value is -0.360. The first kappa shape index (κ1) is 15.6. The average molecular weight is 265 g/mol. The fourth-order valence-corrected chi connectivity index (χ4v) is 3.30. The van der Waals surface area contributed by atoms with E-state index in [4.69, 9.17) is 5.11 Å². The van der Waals surface area contributed by atoms with Gasteiger partial charge in [-0.25, -0.2) is 0 Å². The van der Waals surface area contributed by atoms with Crippen LogP contribution in [0.1, 0.15) is 33.6 Å². The predicted molar refractivity (Wildman–Crippen MR) is 69.7 cm³/mol. The third-order valence-corrected chi connectivity index (χ3v) is 4.69. The van der Waals surface area contributed by atoms with Gasteiger partial charge in [-0.05, 0) is 33.4 Å². The van der Waals surface area contributed by atoms with Gasteiger partial charge in [0, 0.05) is 11.2 Å². The van der Waals surface area contributed by atoms with Crippen molar-refractivity contribution in [2.24, 2.45) is 0 Å². The van der Waals surface area contributed by atoms with Crippen molar-refractivity contribution in [2.75, 3.05) is 6.26 Å². The second-order valence-electron chi connectivity index (χ2n) is 4.14. The molecule has 0 aliphatic carbocycles. The maximum atomic E-state index is 11.4. The van der Waals surface area contributed by atoms with Crippen LogP contribution in [-0.4, -0.2) is 34.0 Å². The number of amides is 1. The summed E-state index contributed by atoms with van der Waals surface area (Å²) in [6.45, 7) is 5.60. The van der Waals surface area contributed by atoms with Crippen LogP contribution in [0.4, 0.5) is 0 Å². The van der Waals surface area contributed by atoms with Crippen molar-refractivity contribution in [3.8, 4) is 0 Å². The van der Waals surface area contributed by atoms with Gasteiger partial charge in [0.05, 0.1) is 0 Å². The lowest BCUT2D eigenvalue weighted by Crippen LogP contribution is -2.38. The largest absolute Gasteiger partial charge is 0.480 e. The topological polar surface area (TPSA) is 66.4 Å². The minimum atomic E-state index is -1.01. The number of carboxylic acid groups (broad SMARTS) is 1. The third-order valence-electron chi connectivity index (χ3n) is 2.01. The molecular formula is C10H19NO3S2. The Morgan fingerprint density at radius 2 is 2.00 bits per heavy atom. The van der Waals surface area contributed by atoms with Crippen LogP contribution in [0, 0.1) is 0 Å². The molecule has 0 fully saturated rings. The number of carbonyl (C=O) groups is 2. The van der Waals surface area contributed by atoms with Crippen LogP contribution in [0.25, 0.3) is 0 Å². The van der Waals surface area contributed by atoms with E-state index in [1.807, 2.05) is 6.26 Å².